The second kappa shape index (κ2) is 7.21. The highest BCUT2D eigenvalue weighted by atomic mass is 15.0. The Hall–Kier alpha value is -3.58. The van der Waals surface area contributed by atoms with Gasteiger partial charge in [0.1, 0.15) is 0 Å². The molecule has 0 aliphatic carbocycles. The summed E-state index contributed by atoms with van der Waals surface area (Å²) in [4.78, 5) is 0. The Morgan fingerprint density at radius 3 is 2.32 bits per heavy atom. The predicted octanol–water partition coefficient (Wildman–Crippen LogP) is 5.66. The summed E-state index contributed by atoms with van der Waals surface area (Å²) in [5, 5.41) is 5.70. The Labute approximate surface area is 165 Å². The van der Waals surface area contributed by atoms with Crippen molar-refractivity contribution >= 4 is 33.8 Å². The number of hydrogen-bond donors (Lipinski definition) is 0. The summed E-state index contributed by atoms with van der Waals surface area (Å²) in [6.07, 6.45) is 5.82. The van der Waals surface area contributed by atoms with E-state index >= 15 is 0 Å². The summed E-state index contributed by atoms with van der Waals surface area (Å²) < 4.78 is 2.26. The Morgan fingerprint density at radius 2 is 1.61 bits per heavy atom. The first-order chi connectivity index (χ1) is 13.6. The van der Waals surface area contributed by atoms with E-state index in [4.69, 9.17) is 0 Å². The van der Waals surface area contributed by atoms with Crippen LogP contribution in [0, 0.1) is 0 Å². The van der Waals surface area contributed by atoms with Crippen LogP contribution in [-0.2, 0) is 0 Å². The third-order valence-corrected chi connectivity index (χ3v) is 5.09. The van der Waals surface area contributed by atoms with Gasteiger partial charge in [-0.2, -0.15) is 0 Å². The molecule has 136 valence electrons. The second-order valence-corrected chi connectivity index (χ2v) is 6.96. The molecule has 0 aliphatic rings. The highest BCUT2D eigenvalue weighted by Crippen LogP contribution is 2.26. The molecule has 1 nitrogen and oxygen atoms in total. The van der Waals surface area contributed by atoms with E-state index in [1.165, 1.54) is 21.7 Å². The maximum atomic E-state index is 4.49. The molecule has 1 aromatic heterocycles. The average Bonchev–Trinajstić information content (AvgIpc) is 3.01. The minimum absolute atomic E-state index is 0.962. The van der Waals surface area contributed by atoms with Crippen molar-refractivity contribution in [2.24, 2.45) is 0 Å². The highest BCUT2D eigenvalue weighted by Gasteiger charge is 2.13. The minimum Gasteiger partial charge on any atom is -0.309 e. The van der Waals surface area contributed by atoms with Gasteiger partial charge in [0, 0.05) is 27.0 Å². The van der Waals surface area contributed by atoms with Crippen LogP contribution in [0.3, 0.4) is 0 Å². The van der Waals surface area contributed by atoms with Crippen LogP contribution in [0.5, 0.6) is 0 Å². The largest absolute Gasteiger partial charge is 0.309 e. The maximum absolute atomic E-state index is 4.49. The molecular weight excluding hydrogens is 338 g/mol. The van der Waals surface area contributed by atoms with Crippen LogP contribution in [0.1, 0.15) is 6.92 Å². The number of allylic oxidation sites excluding steroid dienone is 4. The van der Waals surface area contributed by atoms with Crippen molar-refractivity contribution in [2.75, 3.05) is 0 Å². The summed E-state index contributed by atoms with van der Waals surface area (Å²) >= 11 is 0. The summed E-state index contributed by atoms with van der Waals surface area (Å²) in [5.74, 6) is 0. The SMILES string of the molecule is C=C/C=C\C(C(=C)C)=c1\c(=C)n(-c2ccccc2)c2c1ccc1ccccc12. The zero-order valence-corrected chi connectivity index (χ0v) is 16.2. The Balaban J connectivity index is 2.33. The molecule has 0 radical (unpaired) electrons. The Morgan fingerprint density at radius 1 is 0.893 bits per heavy atom. The zero-order chi connectivity index (χ0) is 19.7. The smallest absolute Gasteiger partial charge is 0.0619 e. The number of para-hydroxylation sites is 1. The molecule has 0 aliphatic heterocycles. The lowest BCUT2D eigenvalue weighted by Gasteiger charge is -2.08. The molecule has 1 heteroatoms. The third kappa shape index (κ3) is 2.82. The van der Waals surface area contributed by atoms with Crippen molar-refractivity contribution in [1.82, 2.24) is 4.57 Å². The molecule has 0 atom stereocenters. The molecule has 0 saturated carbocycles. The van der Waals surface area contributed by atoms with Gasteiger partial charge in [-0.3, -0.25) is 0 Å². The first-order valence-electron chi connectivity index (χ1n) is 9.39. The maximum Gasteiger partial charge on any atom is 0.0619 e. The molecule has 0 N–H and O–H groups in total. The van der Waals surface area contributed by atoms with Crippen LogP contribution < -0.4 is 10.6 Å². The molecule has 0 bridgehead atoms. The molecule has 3 aromatic carbocycles. The monoisotopic (exact) mass is 361 g/mol. The van der Waals surface area contributed by atoms with Crippen LogP contribution in [0.15, 0.2) is 104 Å². The van der Waals surface area contributed by atoms with Gasteiger partial charge in [-0.25, -0.2) is 0 Å². The normalized spacial score (nSPS) is 12.6. The average molecular weight is 361 g/mol. The number of rotatable bonds is 4. The van der Waals surface area contributed by atoms with Crippen molar-refractivity contribution < 1.29 is 0 Å². The fourth-order valence-electron chi connectivity index (χ4n) is 3.87. The zero-order valence-electron chi connectivity index (χ0n) is 16.2. The van der Waals surface area contributed by atoms with E-state index in [0.717, 1.165) is 27.4 Å². The molecule has 0 amide bonds. The van der Waals surface area contributed by atoms with Gasteiger partial charge in [0.25, 0.3) is 0 Å². The van der Waals surface area contributed by atoms with Crippen molar-refractivity contribution in [3.63, 3.8) is 0 Å². The van der Waals surface area contributed by atoms with E-state index < -0.39 is 0 Å². The number of fused-ring (bicyclic) bond motifs is 3. The van der Waals surface area contributed by atoms with Crippen molar-refractivity contribution in [3.05, 3.63) is 114 Å². The van der Waals surface area contributed by atoms with Crippen molar-refractivity contribution in [3.8, 4) is 5.69 Å². The fraction of sp³-hybridized carbons (Fsp3) is 0.0370. The van der Waals surface area contributed by atoms with Gasteiger partial charge in [-0.15, -0.1) is 0 Å². The molecule has 28 heavy (non-hydrogen) atoms. The number of hydrogen-bond acceptors (Lipinski definition) is 0. The summed E-state index contributed by atoms with van der Waals surface area (Å²) in [6, 6.07) is 23.3. The molecule has 4 aromatic rings. The van der Waals surface area contributed by atoms with Gasteiger partial charge < -0.3 is 4.57 Å². The molecule has 0 saturated heterocycles. The summed E-state index contributed by atoms with van der Waals surface area (Å²) in [7, 11) is 0. The van der Waals surface area contributed by atoms with Gasteiger partial charge >= 0.3 is 0 Å². The van der Waals surface area contributed by atoms with E-state index in [9.17, 15) is 0 Å². The van der Waals surface area contributed by atoms with E-state index in [1.807, 2.05) is 19.1 Å². The lowest BCUT2D eigenvalue weighted by atomic mass is 10.0. The standard InChI is InChI=1S/C27H23N/c1-5-6-15-23(19(2)3)26-20(4)28(22-13-8-7-9-14-22)27-24-16-11-10-12-21(24)17-18-25(26)27/h5-18H,1-2,4H2,3H3/b15-6-,26-23+. The van der Waals surface area contributed by atoms with Crippen molar-refractivity contribution in [1.29, 1.82) is 0 Å². The summed E-state index contributed by atoms with van der Waals surface area (Å²) in [5.41, 5.74) is 4.37. The Bertz CT molecular complexity index is 1350. The van der Waals surface area contributed by atoms with Crippen LogP contribution in [0.2, 0.25) is 0 Å². The highest BCUT2D eigenvalue weighted by molar-refractivity contribution is 6.07. The molecule has 0 spiro atoms. The minimum atomic E-state index is 0.962. The van der Waals surface area contributed by atoms with E-state index in [2.05, 4.69) is 91.0 Å². The van der Waals surface area contributed by atoms with E-state index in [-0.39, 0.29) is 0 Å². The topological polar surface area (TPSA) is 4.93 Å². The number of nitrogens with zero attached hydrogens (tertiary/aromatic N) is 1. The molecule has 1 heterocycles. The molecule has 0 fully saturated rings. The number of benzene rings is 3. The van der Waals surface area contributed by atoms with Crippen molar-refractivity contribution in [2.45, 2.75) is 6.92 Å². The van der Waals surface area contributed by atoms with Crippen LogP contribution >= 0.6 is 0 Å². The lowest BCUT2D eigenvalue weighted by molar-refractivity contribution is 1.08. The molecule has 0 unspecified atom stereocenters. The van der Waals surface area contributed by atoms with E-state index in [1.54, 1.807) is 6.08 Å². The fourth-order valence-corrected chi connectivity index (χ4v) is 3.87. The quantitative estimate of drug-likeness (QED) is 0.413. The van der Waals surface area contributed by atoms with Crippen LogP contribution in [0.4, 0.5) is 0 Å². The van der Waals surface area contributed by atoms with Gasteiger partial charge in [-0.05, 0) is 30.0 Å². The Kier molecular flexibility index (Phi) is 4.58. The third-order valence-electron chi connectivity index (χ3n) is 5.09. The molecular formula is C27H23N. The van der Waals surface area contributed by atoms with Gasteiger partial charge in [0.2, 0.25) is 0 Å². The predicted molar refractivity (Wildman–Crippen MR) is 123 cm³/mol. The van der Waals surface area contributed by atoms with Crippen LogP contribution in [-0.4, -0.2) is 4.57 Å². The second-order valence-electron chi connectivity index (χ2n) is 6.96. The number of aromatic nitrogens is 1. The van der Waals surface area contributed by atoms with Gasteiger partial charge in [-0.1, -0.05) is 98.1 Å². The van der Waals surface area contributed by atoms with Crippen LogP contribution in [0.25, 0.3) is 39.5 Å². The van der Waals surface area contributed by atoms with E-state index in [0.29, 0.717) is 0 Å². The first kappa shape index (κ1) is 17.8. The van der Waals surface area contributed by atoms with Gasteiger partial charge in [0.15, 0.2) is 0 Å². The molecule has 4 rings (SSSR count). The van der Waals surface area contributed by atoms with Gasteiger partial charge in [0.05, 0.1) is 5.52 Å². The lowest BCUT2D eigenvalue weighted by Crippen LogP contribution is -2.28. The summed E-state index contributed by atoms with van der Waals surface area (Å²) in [6.45, 7) is 14.6. The first-order valence-corrected chi connectivity index (χ1v) is 9.39.